The molecule has 1 heterocycles. The molecule has 2 rings (SSSR count). The highest BCUT2D eigenvalue weighted by Gasteiger charge is 2.34. The van der Waals surface area contributed by atoms with Crippen LogP contribution in [0.1, 0.15) is 18.4 Å². The molecule has 7 nitrogen and oxygen atoms in total. The Morgan fingerprint density at radius 3 is 2.75 bits per heavy atom. The maximum Gasteiger partial charge on any atom is 0.318 e. The summed E-state index contributed by atoms with van der Waals surface area (Å²) in [4.78, 5) is 37.3. The molecule has 130 valence electrons. The van der Waals surface area contributed by atoms with Crippen molar-refractivity contribution < 1.29 is 14.4 Å². The van der Waals surface area contributed by atoms with Gasteiger partial charge in [-0.05, 0) is 18.4 Å². The average molecular weight is 332 g/mol. The molecule has 0 radical (unpaired) electrons. The minimum atomic E-state index is -0.757. The minimum absolute atomic E-state index is 0.0280. The van der Waals surface area contributed by atoms with Crippen molar-refractivity contribution in [3.8, 4) is 0 Å². The van der Waals surface area contributed by atoms with Crippen LogP contribution in [0.4, 0.5) is 4.79 Å². The van der Waals surface area contributed by atoms with Gasteiger partial charge in [-0.1, -0.05) is 30.3 Å². The quantitative estimate of drug-likeness (QED) is 0.653. The number of hydrogen-bond donors (Lipinski definition) is 3. The summed E-state index contributed by atoms with van der Waals surface area (Å²) in [6, 6.07) is 9.00. The van der Waals surface area contributed by atoms with E-state index in [1.165, 1.54) is 17.5 Å². The van der Waals surface area contributed by atoms with Crippen molar-refractivity contribution in [2.45, 2.75) is 25.3 Å². The third-order valence-electron chi connectivity index (χ3n) is 4.01. The summed E-state index contributed by atoms with van der Waals surface area (Å²) in [6.45, 7) is 1.33. The summed E-state index contributed by atoms with van der Waals surface area (Å²) in [7, 11) is 1.51. The maximum absolute atomic E-state index is 12.3. The van der Waals surface area contributed by atoms with Gasteiger partial charge in [0, 0.05) is 26.7 Å². The van der Waals surface area contributed by atoms with Gasteiger partial charge in [0.2, 0.25) is 11.8 Å². The summed E-state index contributed by atoms with van der Waals surface area (Å²) < 4.78 is 0. The van der Waals surface area contributed by atoms with E-state index >= 15 is 0 Å². The zero-order valence-corrected chi connectivity index (χ0v) is 13.9. The second kappa shape index (κ2) is 8.90. The highest BCUT2D eigenvalue weighted by atomic mass is 16.2. The Bertz CT molecular complexity index is 576. The Morgan fingerprint density at radius 2 is 2.04 bits per heavy atom. The highest BCUT2D eigenvalue weighted by molar-refractivity contribution is 5.92. The van der Waals surface area contributed by atoms with Crippen molar-refractivity contribution in [2.24, 2.45) is 0 Å². The van der Waals surface area contributed by atoms with E-state index in [9.17, 15) is 14.4 Å². The lowest BCUT2D eigenvalue weighted by molar-refractivity contribution is -0.132. The van der Waals surface area contributed by atoms with Crippen molar-refractivity contribution >= 4 is 17.8 Å². The highest BCUT2D eigenvalue weighted by Crippen LogP contribution is 2.09. The topological polar surface area (TPSA) is 90.5 Å². The van der Waals surface area contributed by atoms with Gasteiger partial charge in [0.1, 0.15) is 6.04 Å². The fourth-order valence-electron chi connectivity index (χ4n) is 2.67. The fourth-order valence-corrected chi connectivity index (χ4v) is 2.67. The molecule has 0 bridgehead atoms. The molecular formula is C17H24N4O3. The van der Waals surface area contributed by atoms with E-state index in [4.69, 9.17) is 0 Å². The first kappa shape index (κ1) is 17.8. The van der Waals surface area contributed by atoms with Gasteiger partial charge in [-0.3, -0.25) is 9.59 Å². The largest absolute Gasteiger partial charge is 0.359 e. The molecule has 7 heteroatoms. The van der Waals surface area contributed by atoms with Crippen LogP contribution >= 0.6 is 0 Å². The number of nitrogens with zero attached hydrogens (tertiary/aromatic N) is 1. The molecule has 1 unspecified atom stereocenters. The molecule has 24 heavy (non-hydrogen) atoms. The van der Waals surface area contributed by atoms with Gasteiger partial charge in [-0.2, -0.15) is 0 Å². The van der Waals surface area contributed by atoms with Gasteiger partial charge >= 0.3 is 6.03 Å². The van der Waals surface area contributed by atoms with Gasteiger partial charge in [0.15, 0.2) is 0 Å². The number of urea groups is 1. The molecule has 4 amide bonds. The first-order valence-electron chi connectivity index (χ1n) is 8.18. The minimum Gasteiger partial charge on any atom is -0.359 e. The fraction of sp³-hybridized carbons (Fsp3) is 0.471. The van der Waals surface area contributed by atoms with Crippen LogP contribution in [-0.2, 0) is 16.0 Å². The van der Waals surface area contributed by atoms with E-state index in [1.807, 2.05) is 18.2 Å². The number of aryl methyl sites for hydroxylation is 1. The van der Waals surface area contributed by atoms with Crippen molar-refractivity contribution in [2.75, 3.05) is 26.7 Å². The van der Waals surface area contributed by atoms with Gasteiger partial charge in [0.25, 0.3) is 0 Å². The number of piperazine rings is 1. The molecule has 0 saturated carbocycles. The third kappa shape index (κ3) is 4.97. The lowest BCUT2D eigenvalue weighted by Gasteiger charge is -2.34. The molecule has 1 aliphatic heterocycles. The van der Waals surface area contributed by atoms with Crippen LogP contribution in [0.2, 0.25) is 0 Å². The average Bonchev–Trinajstić information content (AvgIpc) is 2.61. The lowest BCUT2D eigenvalue weighted by atomic mass is 10.1. The predicted octanol–water partition coefficient (Wildman–Crippen LogP) is 0.265. The standard InChI is InChI=1S/C17H24N4O3/c1-18-15(22)12-14-16(23)19-10-11-21(14)17(24)20-9-5-8-13-6-3-2-4-7-13/h2-4,6-7,14H,5,8-12H2,1H3,(H,18,22)(H,19,23)(H,20,24). The number of carbonyl (C=O) groups excluding carboxylic acids is 3. The molecule has 1 fully saturated rings. The Labute approximate surface area is 141 Å². The molecule has 1 aromatic rings. The van der Waals surface area contributed by atoms with Crippen LogP contribution in [0, 0.1) is 0 Å². The number of rotatable bonds is 6. The van der Waals surface area contributed by atoms with Crippen LogP contribution < -0.4 is 16.0 Å². The normalized spacial score (nSPS) is 17.1. The van der Waals surface area contributed by atoms with E-state index in [2.05, 4.69) is 28.1 Å². The Balaban J connectivity index is 1.82. The SMILES string of the molecule is CNC(=O)CC1C(=O)NCCN1C(=O)NCCCc1ccccc1. The first-order valence-corrected chi connectivity index (χ1v) is 8.18. The van der Waals surface area contributed by atoms with Crippen LogP contribution in [-0.4, -0.2) is 55.5 Å². The predicted molar refractivity (Wildman–Crippen MR) is 90.3 cm³/mol. The smallest absolute Gasteiger partial charge is 0.318 e. The van der Waals surface area contributed by atoms with Gasteiger partial charge in [-0.25, -0.2) is 4.79 Å². The third-order valence-corrected chi connectivity index (χ3v) is 4.01. The zero-order valence-electron chi connectivity index (χ0n) is 13.9. The molecule has 1 saturated heterocycles. The number of amides is 4. The summed E-state index contributed by atoms with van der Waals surface area (Å²) in [6.07, 6.45) is 1.67. The number of nitrogens with one attached hydrogen (secondary N) is 3. The van der Waals surface area contributed by atoms with Crippen LogP contribution in [0.25, 0.3) is 0 Å². The van der Waals surface area contributed by atoms with Crippen LogP contribution in [0.3, 0.4) is 0 Å². The molecule has 3 N–H and O–H groups in total. The van der Waals surface area contributed by atoms with Gasteiger partial charge in [-0.15, -0.1) is 0 Å². The first-order chi connectivity index (χ1) is 11.6. The Morgan fingerprint density at radius 1 is 1.29 bits per heavy atom. The Hall–Kier alpha value is -2.57. The summed E-state index contributed by atoms with van der Waals surface area (Å²) in [5, 5.41) is 8.02. The number of carbonyl (C=O) groups is 3. The summed E-state index contributed by atoms with van der Waals surface area (Å²) in [5.74, 6) is -0.553. The molecule has 0 spiro atoms. The lowest BCUT2D eigenvalue weighted by Crippen LogP contribution is -2.60. The van der Waals surface area contributed by atoms with Crippen molar-refractivity contribution in [1.29, 1.82) is 0 Å². The monoisotopic (exact) mass is 332 g/mol. The summed E-state index contributed by atoms with van der Waals surface area (Å²) >= 11 is 0. The van der Waals surface area contributed by atoms with E-state index in [0.717, 1.165) is 12.8 Å². The van der Waals surface area contributed by atoms with Crippen LogP contribution in [0.5, 0.6) is 0 Å². The maximum atomic E-state index is 12.3. The molecular weight excluding hydrogens is 308 g/mol. The molecule has 0 aliphatic carbocycles. The Kier molecular flexibility index (Phi) is 6.60. The van der Waals surface area contributed by atoms with Gasteiger partial charge in [0.05, 0.1) is 6.42 Å². The molecule has 1 aliphatic rings. The summed E-state index contributed by atoms with van der Waals surface area (Å²) in [5.41, 5.74) is 1.22. The van der Waals surface area contributed by atoms with E-state index in [-0.39, 0.29) is 24.3 Å². The second-order valence-corrected chi connectivity index (χ2v) is 5.70. The zero-order chi connectivity index (χ0) is 17.4. The van der Waals surface area contributed by atoms with E-state index < -0.39 is 6.04 Å². The number of hydrogen-bond acceptors (Lipinski definition) is 3. The molecule has 0 aromatic heterocycles. The molecule has 1 aromatic carbocycles. The van der Waals surface area contributed by atoms with E-state index in [1.54, 1.807) is 0 Å². The number of benzene rings is 1. The van der Waals surface area contributed by atoms with Crippen molar-refractivity contribution in [3.63, 3.8) is 0 Å². The second-order valence-electron chi connectivity index (χ2n) is 5.70. The van der Waals surface area contributed by atoms with Crippen LogP contribution in [0.15, 0.2) is 30.3 Å². The van der Waals surface area contributed by atoms with Crippen molar-refractivity contribution in [1.82, 2.24) is 20.9 Å². The molecule has 1 atom stereocenters. The van der Waals surface area contributed by atoms with Crippen molar-refractivity contribution in [3.05, 3.63) is 35.9 Å². The van der Waals surface area contributed by atoms with Gasteiger partial charge < -0.3 is 20.9 Å². The van der Waals surface area contributed by atoms with E-state index in [0.29, 0.717) is 19.6 Å².